The maximum Gasteiger partial charge on any atom is 0.347 e. The van der Waals surface area contributed by atoms with Crippen molar-refractivity contribution in [3.05, 3.63) is 99.0 Å². The summed E-state index contributed by atoms with van der Waals surface area (Å²) in [6.07, 6.45) is 1.56. The van der Waals surface area contributed by atoms with Gasteiger partial charge in [0.1, 0.15) is 11.8 Å². The second-order valence-electron chi connectivity index (χ2n) is 6.94. The summed E-state index contributed by atoms with van der Waals surface area (Å²) >= 11 is 12.8. The molecule has 33 heavy (non-hydrogen) atoms. The number of nitrogens with zero attached hydrogens (tertiary/aromatic N) is 4. The molecule has 1 aromatic heterocycles. The van der Waals surface area contributed by atoms with Crippen LogP contribution < -0.4 is 20.6 Å². The minimum Gasteiger partial charge on any atom is -0.453 e. The van der Waals surface area contributed by atoms with E-state index < -0.39 is 6.03 Å². The molecule has 1 aliphatic rings. The number of hydrogen-bond acceptors (Lipinski definition) is 5. The summed E-state index contributed by atoms with van der Waals surface area (Å²) < 4.78 is 7.36. The quantitative estimate of drug-likeness (QED) is 0.561. The molecular formula is C23H15Cl2N5O3. The molecule has 2 aromatic carbocycles. The summed E-state index contributed by atoms with van der Waals surface area (Å²) in [7, 11) is 0. The van der Waals surface area contributed by atoms with Crippen molar-refractivity contribution in [2.24, 2.45) is 5.10 Å². The molecule has 1 aliphatic heterocycles. The first-order valence-electron chi connectivity index (χ1n) is 9.56. The molecule has 0 saturated carbocycles. The predicted molar refractivity (Wildman–Crippen MR) is 126 cm³/mol. The number of allylic oxidation sites excluding steroid dienone is 1. The molecule has 0 aliphatic carbocycles. The molecule has 0 saturated heterocycles. The third-order valence-corrected chi connectivity index (χ3v) is 5.20. The summed E-state index contributed by atoms with van der Waals surface area (Å²) in [5.41, 5.74) is 1.04. The van der Waals surface area contributed by atoms with Gasteiger partial charge in [-0.25, -0.2) is 4.79 Å². The molecule has 3 aromatic rings. The molecule has 0 atom stereocenters. The van der Waals surface area contributed by atoms with E-state index in [4.69, 9.17) is 33.2 Å². The van der Waals surface area contributed by atoms with Crippen LogP contribution in [0.15, 0.2) is 83.0 Å². The maximum absolute atomic E-state index is 12.3. The number of hydrogen-bond donors (Lipinski definition) is 1. The Morgan fingerprint density at radius 3 is 2.45 bits per heavy atom. The van der Waals surface area contributed by atoms with Crippen LogP contribution in [0.3, 0.4) is 0 Å². The Labute approximate surface area is 198 Å². The number of ether oxygens (including phenoxy) is 1. The van der Waals surface area contributed by atoms with Gasteiger partial charge < -0.3 is 14.6 Å². The minimum absolute atomic E-state index is 0.0529. The molecule has 4 rings (SSSR count). The Bertz CT molecular complexity index is 1370. The predicted octanol–water partition coefficient (Wildman–Crippen LogP) is 4.92. The number of rotatable bonds is 5. The monoisotopic (exact) mass is 479 g/mol. The number of pyridine rings is 1. The van der Waals surface area contributed by atoms with E-state index in [-0.39, 0.29) is 38.5 Å². The summed E-state index contributed by atoms with van der Waals surface area (Å²) in [6, 6.07) is 16.5. The van der Waals surface area contributed by atoms with E-state index in [1.54, 1.807) is 6.20 Å². The molecule has 0 radical (unpaired) electrons. The Morgan fingerprint density at radius 2 is 1.79 bits per heavy atom. The average molecular weight is 480 g/mol. The van der Waals surface area contributed by atoms with Crippen LogP contribution in [-0.4, -0.2) is 16.3 Å². The molecule has 1 N–H and O–H groups in total. The van der Waals surface area contributed by atoms with Crippen molar-refractivity contribution in [3.63, 3.8) is 0 Å². The highest BCUT2D eigenvalue weighted by Gasteiger charge is 2.26. The smallest absolute Gasteiger partial charge is 0.347 e. The number of carbonyl (C=O) groups is 1. The van der Waals surface area contributed by atoms with Gasteiger partial charge in [-0.05, 0) is 23.8 Å². The lowest BCUT2D eigenvalue weighted by molar-refractivity contribution is 0.248. The van der Waals surface area contributed by atoms with Gasteiger partial charge in [0.15, 0.2) is 11.5 Å². The zero-order valence-corrected chi connectivity index (χ0v) is 18.5. The molecule has 0 spiro atoms. The molecule has 2 amide bonds. The molecule has 10 heteroatoms. The number of nitrogens with one attached hydrogen (secondary N) is 1. The van der Waals surface area contributed by atoms with Gasteiger partial charge in [0.05, 0.1) is 34.2 Å². The normalized spacial score (nSPS) is 13.2. The number of benzene rings is 2. The highest BCUT2D eigenvalue weighted by molar-refractivity contribution is 6.37. The zero-order chi connectivity index (χ0) is 23.5. The lowest BCUT2D eigenvalue weighted by Crippen LogP contribution is -2.42. The Hall–Kier alpha value is -4.06. The molecule has 164 valence electrons. The molecule has 0 fully saturated rings. The van der Waals surface area contributed by atoms with Crippen LogP contribution in [0.1, 0.15) is 5.56 Å². The van der Waals surface area contributed by atoms with Crippen molar-refractivity contribution in [2.45, 2.75) is 6.54 Å². The zero-order valence-electron chi connectivity index (χ0n) is 17.0. The number of amides is 2. The standard InChI is InChI=1S/C23H15Cl2N5O3/c1-14-20(11-26)28-30(23(32)27-14)16-9-18(24)22(19(25)10-16)33-17-7-8-21(31)29(13-17)12-15-5-3-2-4-6-15/h2-10,13H,1,12H2,(H,27,32). The number of aromatic nitrogens is 1. The summed E-state index contributed by atoms with van der Waals surface area (Å²) in [4.78, 5) is 24.5. The van der Waals surface area contributed by atoms with Gasteiger partial charge in [0.2, 0.25) is 0 Å². The summed E-state index contributed by atoms with van der Waals surface area (Å²) in [5, 5.41) is 16.7. The van der Waals surface area contributed by atoms with Gasteiger partial charge in [0.25, 0.3) is 5.56 Å². The Morgan fingerprint density at radius 1 is 1.09 bits per heavy atom. The number of anilines is 1. The minimum atomic E-state index is -0.618. The van der Waals surface area contributed by atoms with Crippen LogP contribution in [0, 0.1) is 11.3 Å². The number of nitriles is 1. The highest BCUT2D eigenvalue weighted by Crippen LogP contribution is 2.40. The number of urea groups is 1. The molecular weight excluding hydrogens is 465 g/mol. The first-order valence-corrected chi connectivity index (χ1v) is 10.3. The van der Waals surface area contributed by atoms with E-state index in [1.165, 1.54) is 28.8 Å². The Balaban J connectivity index is 1.63. The van der Waals surface area contributed by atoms with E-state index >= 15 is 0 Å². The fourth-order valence-electron chi connectivity index (χ4n) is 3.07. The second kappa shape index (κ2) is 9.20. The van der Waals surface area contributed by atoms with Crippen molar-refractivity contribution >= 4 is 40.6 Å². The maximum atomic E-state index is 12.3. The summed E-state index contributed by atoms with van der Waals surface area (Å²) in [5.74, 6) is 0.484. The second-order valence-corrected chi connectivity index (χ2v) is 7.75. The van der Waals surface area contributed by atoms with Gasteiger partial charge in [-0.3, -0.25) is 4.79 Å². The van der Waals surface area contributed by atoms with Crippen LogP contribution in [-0.2, 0) is 6.54 Å². The van der Waals surface area contributed by atoms with Crippen LogP contribution in [0.4, 0.5) is 10.5 Å². The van der Waals surface area contributed by atoms with E-state index in [2.05, 4.69) is 17.0 Å². The fraction of sp³-hybridized carbons (Fsp3) is 0.0435. The Kier molecular flexibility index (Phi) is 6.18. The average Bonchev–Trinajstić information content (AvgIpc) is 2.79. The van der Waals surface area contributed by atoms with Crippen molar-refractivity contribution < 1.29 is 9.53 Å². The number of halogens is 2. The van der Waals surface area contributed by atoms with Crippen molar-refractivity contribution in [1.82, 2.24) is 9.88 Å². The van der Waals surface area contributed by atoms with Crippen LogP contribution >= 0.6 is 23.2 Å². The molecule has 8 nitrogen and oxygen atoms in total. The van der Waals surface area contributed by atoms with Gasteiger partial charge in [0, 0.05) is 6.07 Å². The third-order valence-electron chi connectivity index (χ3n) is 4.64. The van der Waals surface area contributed by atoms with Crippen molar-refractivity contribution in [1.29, 1.82) is 5.26 Å². The summed E-state index contributed by atoms with van der Waals surface area (Å²) in [6.45, 7) is 3.94. The lowest BCUT2D eigenvalue weighted by atomic mass is 10.2. The van der Waals surface area contributed by atoms with E-state index in [1.807, 2.05) is 36.4 Å². The lowest BCUT2D eigenvalue weighted by Gasteiger charge is -2.24. The van der Waals surface area contributed by atoms with Crippen molar-refractivity contribution in [3.8, 4) is 17.6 Å². The van der Waals surface area contributed by atoms with Gasteiger partial charge in [-0.2, -0.15) is 15.4 Å². The van der Waals surface area contributed by atoms with Crippen LogP contribution in [0.25, 0.3) is 0 Å². The van der Waals surface area contributed by atoms with Gasteiger partial charge in [-0.15, -0.1) is 0 Å². The largest absolute Gasteiger partial charge is 0.453 e. The van der Waals surface area contributed by atoms with Gasteiger partial charge in [-0.1, -0.05) is 60.1 Å². The first kappa shape index (κ1) is 22.1. The SMILES string of the molecule is C=C1NC(=O)N(c2cc(Cl)c(Oc3ccc(=O)n(Cc4ccccc4)c3)c(Cl)c2)N=C1C#N. The number of carbonyl (C=O) groups excluding carboxylic acids is 1. The van der Waals surface area contributed by atoms with Gasteiger partial charge >= 0.3 is 6.03 Å². The highest BCUT2D eigenvalue weighted by atomic mass is 35.5. The fourth-order valence-corrected chi connectivity index (χ4v) is 3.62. The first-order chi connectivity index (χ1) is 15.9. The van der Waals surface area contributed by atoms with Crippen LogP contribution in [0.5, 0.6) is 11.5 Å². The number of hydrazone groups is 1. The van der Waals surface area contributed by atoms with Crippen molar-refractivity contribution in [2.75, 3.05) is 5.01 Å². The van der Waals surface area contributed by atoms with E-state index in [0.717, 1.165) is 10.6 Å². The van der Waals surface area contributed by atoms with E-state index in [0.29, 0.717) is 12.3 Å². The third kappa shape index (κ3) is 4.75. The van der Waals surface area contributed by atoms with Crippen LogP contribution in [0.2, 0.25) is 10.0 Å². The molecule has 0 bridgehead atoms. The molecule has 0 unspecified atom stereocenters. The molecule has 2 heterocycles. The topological polar surface area (TPSA) is 99.7 Å². The van der Waals surface area contributed by atoms with E-state index in [9.17, 15) is 9.59 Å².